The van der Waals surface area contributed by atoms with Crippen LogP contribution in [-0.2, 0) is 15.7 Å². The van der Waals surface area contributed by atoms with Crippen molar-refractivity contribution >= 4 is 23.6 Å². The van der Waals surface area contributed by atoms with E-state index in [0.717, 1.165) is 25.6 Å². The van der Waals surface area contributed by atoms with E-state index in [4.69, 9.17) is 16.3 Å². The summed E-state index contributed by atoms with van der Waals surface area (Å²) in [5, 5.41) is 2.37. The molecule has 8 heteroatoms. The summed E-state index contributed by atoms with van der Waals surface area (Å²) in [6, 6.07) is 4.02. The molecule has 0 radical (unpaired) electrons. The van der Waals surface area contributed by atoms with Crippen molar-refractivity contribution in [1.29, 1.82) is 0 Å². The number of nitrogens with zero attached hydrogens (tertiary/aromatic N) is 1. The number of ether oxygens (including phenoxy) is 1. The molecule has 0 saturated carbocycles. The zero-order valence-electron chi connectivity index (χ0n) is 14.1. The average molecular weight is 389 g/mol. The van der Waals surface area contributed by atoms with Crippen LogP contribution in [0, 0.1) is 0 Å². The van der Waals surface area contributed by atoms with Gasteiger partial charge in [-0.2, -0.15) is 13.2 Å². The van der Waals surface area contributed by atoms with E-state index in [-0.39, 0.29) is 22.6 Å². The van der Waals surface area contributed by atoms with Gasteiger partial charge in [0.2, 0.25) is 5.91 Å². The van der Waals surface area contributed by atoms with Crippen molar-refractivity contribution in [3.05, 3.63) is 40.4 Å². The molecule has 2 heterocycles. The van der Waals surface area contributed by atoms with Gasteiger partial charge in [-0.25, -0.2) is 0 Å². The van der Waals surface area contributed by atoms with Gasteiger partial charge >= 0.3 is 6.18 Å². The van der Waals surface area contributed by atoms with E-state index in [1.807, 2.05) is 0 Å². The fraction of sp³-hybridized carbons (Fsp3) is 0.500. The van der Waals surface area contributed by atoms with Crippen molar-refractivity contribution in [2.45, 2.75) is 31.2 Å². The molecule has 2 aliphatic rings. The number of nitrogens with one attached hydrogen (secondary N) is 1. The third kappa shape index (κ3) is 4.78. The van der Waals surface area contributed by atoms with Crippen LogP contribution in [0.1, 0.15) is 24.0 Å². The number of hydrogen-bond donors (Lipinski definition) is 1. The van der Waals surface area contributed by atoms with E-state index >= 15 is 0 Å². The number of rotatable bonds is 4. The third-order valence-electron chi connectivity index (χ3n) is 4.69. The van der Waals surface area contributed by atoms with E-state index in [1.54, 1.807) is 0 Å². The molecule has 0 spiro atoms. The summed E-state index contributed by atoms with van der Waals surface area (Å²) in [6.45, 7) is 2.92. The molecule has 1 amide bonds. The van der Waals surface area contributed by atoms with E-state index in [0.29, 0.717) is 19.2 Å². The first-order valence-corrected chi connectivity index (χ1v) is 8.89. The van der Waals surface area contributed by atoms with Crippen LogP contribution in [0.15, 0.2) is 24.3 Å². The van der Waals surface area contributed by atoms with E-state index < -0.39 is 11.7 Å². The minimum absolute atomic E-state index is 0.0611. The van der Waals surface area contributed by atoms with Gasteiger partial charge in [-0.1, -0.05) is 17.7 Å². The Kier molecular flexibility index (Phi) is 5.89. The van der Waals surface area contributed by atoms with Crippen LogP contribution in [0.3, 0.4) is 0 Å². The molecule has 0 bridgehead atoms. The molecule has 4 nitrogen and oxygen atoms in total. The van der Waals surface area contributed by atoms with Crippen LogP contribution >= 0.6 is 11.6 Å². The van der Waals surface area contributed by atoms with Crippen molar-refractivity contribution in [3.8, 4) is 0 Å². The summed E-state index contributed by atoms with van der Waals surface area (Å²) >= 11 is 5.58. The van der Waals surface area contributed by atoms with E-state index in [2.05, 4.69) is 10.2 Å². The maximum atomic E-state index is 12.8. The third-order valence-corrected chi connectivity index (χ3v) is 5.02. The van der Waals surface area contributed by atoms with Crippen LogP contribution in [0.4, 0.5) is 13.2 Å². The lowest BCUT2D eigenvalue weighted by atomic mass is 10.1. The highest BCUT2D eigenvalue weighted by molar-refractivity contribution is 6.31. The number of hydrogen-bond acceptors (Lipinski definition) is 3. The van der Waals surface area contributed by atoms with Crippen LogP contribution < -0.4 is 5.32 Å². The summed E-state index contributed by atoms with van der Waals surface area (Å²) in [7, 11) is 0. The van der Waals surface area contributed by atoms with Crippen LogP contribution in [0.25, 0.3) is 6.08 Å². The van der Waals surface area contributed by atoms with Crippen molar-refractivity contribution in [1.82, 2.24) is 10.2 Å². The molecule has 1 N–H and O–H groups in total. The number of amides is 1. The van der Waals surface area contributed by atoms with Gasteiger partial charge in [0.25, 0.3) is 0 Å². The maximum Gasteiger partial charge on any atom is 0.417 e. The van der Waals surface area contributed by atoms with Gasteiger partial charge in [-0.3, -0.25) is 9.69 Å². The minimum atomic E-state index is -4.53. The number of fused-ring (bicyclic) bond motifs is 1. The van der Waals surface area contributed by atoms with Gasteiger partial charge in [0, 0.05) is 25.2 Å². The number of halogens is 4. The maximum absolute atomic E-state index is 12.8. The van der Waals surface area contributed by atoms with Crippen LogP contribution in [0.2, 0.25) is 5.02 Å². The largest absolute Gasteiger partial charge is 0.417 e. The summed E-state index contributed by atoms with van der Waals surface area (Å²) in [4.78, 5) is 14.3. The Morgan fingerprint density at radius 2 is 2.23 bits per heavy atom. The normalized spacial score (nSPS) is 24.0. The first kappa shape index (κ1) is 19.2. The topological polar surface area (TPSA) is 41.6 Å². The average Bonchev–Trinajstić information content (AvgIpc) is 3.06. The van der Waals surface area contributed by atoms with E-state index in [9.17, 15) is 18.0 Å². The zero-order valence-corrected chi connectivity index (χ0v) is 14.8. The van der Waals surface area contributed by atoms with Crippen LogP contribution in [0.5, 0.6) is 0 Å². The van der Waals surface area contributed by atoms with Gasteiger partial charge < -0.3 is 10.1 Å². The molecule has 2 atom stereocenters. The van der Waals surface area contributed by atoms with E-state index in [1.165, 1.54) is 30.7 Å². The highest BCUT2D eigenvalue weighted by Crippen LogP contribution is 2.35. The molecule has 0 aromatic heterocycles. The number of carbonyl (C=O) groups excluding carboxylic acids is 1. The second-order valence-corrected chi connectivity index (χ2v) is 6.97. The van der Waals surface area contributed by atoms with Gasteiger partial charge in [-0.05, 0) is 43.2 Å². The zero-order chi connectivity index (χ0) is 18.7. The highest BCUT2D eigenvalue weighted by atomic mass is 35.5. The van der Waals surface area contributed by atoms with Crippen molar-refractivity contribution in [2.75, 3.05) is 26.2 Å². The summed E-state index contributed by atoms with van der Waals surface area (Å²) in [5.41, 5.74) is -0.664. The Hall–Kier alpha value is -1.57. The second kappa shape index (κ2) is 7.98. The van der Waals surface area contributed by atoms with Crippen molar-refractivity contribution < 1.29 is 22.7 Å². The smallest absolute Gasteiger partial charge is 0.373 e. The molecule has 0 unspecified atom stereocenters. The lowest BCUT2D eigenvalue weighted by molar-refractivity contribution is -0.137. The monoisotopic (exact) mass is 388 g/mol. The summed E-state index contributed by atoms with van der Waals surface area (Å²) < 4.78 is 44.3. The minimum Gasteiger partial charge on any atom is -0.373 e. The summed E-state index contributed by atoms with van der Waals surface area (Å²) in [5.74, 6) is -0.374. The van der Waals surface area contributed by atoms with Gasteiger partial charge in [0.05, 0.1) is 23.3 Å². The Labute approximate surface area is 154 Å². The SMILES string of the molecule is O=C(/C=C\c1ccc(Cl)c(C(F)(F)F)c1)NC[C@@H]1CN2CCC[C@H]2CO1. The molecule has 2 aliphatic heterocycles. The molecule has 1 aromatic carbocycles. The Bertz CT molecular complexity index is 694. The first-order valence-electron chi connectivity index (χ1n) is 8.51. The fourth-order valence-corrected chi connectivity index (χ4v) is 3.54. The summed E-state index contributed by atoms with van der Waals surface area (Å²) in [6.07, 6.45) is 0.285. The first-order chi connectivity index (χ1) is 12.3. The number of benzene rings is 1. The molecule has 142 valence electrons. The second-order valence-electron chi connectivity index (χ2n) is 6.56. The Morgan fingerprint density at radius 1 is 1.42 bits per heavy atom. The quantitative estimate of drug-likeness (QED) is 0.804. The Morgan fingerprint density at radius 3 is 3.00 bits per heavy atom. The molecule has 3 rings (SSSR count). The van der Waals surface area contributed by atoms with Crippen molar-refractivity contribution in [2.24, 2.45) is 0 Å². The molecular weight excluding hydrogens is 369 g/mol. The highest BCUT2D eigenvalue weighted by Gasteiger charge is 2.33. The van der Waals surface area contributed by atoms with Gasteiger partial charge in [0.15, 0.2) is 0 Å². The van der Waals surface area contributed by atoms with Crippen LogP contribution in [-0.4, -0.2) is 49.2 Å². The fourth-order valence-electron chi connectivity index (χ4n) is 3.32. The molecule has 2 fully saturated rings. The number of morpholine rings is 1. The number of alkyl halides is 3. The predicted molar refractivity (Wildman–Crippen MR) is 92.8 cm³/mol. The Balaban J connectivity index is 1.52. The molecule has 2 saturated heterocycles. The number of carbonyl (C=O) groups is 1. The molecular formula is C18H20ClF3N2O2. The lowest BCUT2D eigenvalue weighted by Gasteiger charge is -2.35. The van der Waals surface area contributed by atoms with Gasteiger partial charge in [-0.15, -0.1) is 0 Å². The molecule has 1 aromatic rings. The van der Waals surface area contributed by atoms with Crippen molar-refractivity contribution in [3.63, 3.8) is 0 Å². The molecule has 0 aliphatic carbocycles. The van der Waals surface area contributed by atoms with Gasteiger partial charge in [0.1, 0.15) is 0 Å². The predicted octanol–water partition coefficient (Wildman–Crippen LogP) is 3.35. The lowest BCUT2D eigenvalue weighted by Crippen LogP contribution is -2.49. The standard InChI is InChI=1S/C18H20ClF3N2O2/c19-16-5-3-12(8-15(16)18(20,21)22)4-6-17(25)23-9-14-10-24-7-1-2-13(24)11-26-14/h3-6,8,13-14H,1-2,7,9-11H2,(H,23,25)/b6-4-/t13-,14+/m0/s1. The molecule has 26 heavy (non-hydrogen) atoms.